The van der Waals surface area contributed by atoms with Crippen molar-refractivity contribution in [2.45, 2.75) is 25.7 Å². The van der Waals surface area contributed by atoms with Crippen LogP contribution in [0.15, 0.2) is 35.3 Å². The first-order valence-electron chi connectivity index (χ1n) is 6.01. The highest BCUT2D eigenvalue weighted by Crippen LogP contribution is 2.37. The Morgan fingerprint density at radius 3 is 2.60 bits per heavy atom. The number of benzene rings is 1. The monoisotopic (exact) mass is 199 g/mol. The number of hydrogen-bond acceptors (Lipinski definition) is 1. The van der Waals surface area contributed by atoms with Crippen LogP contribution in [0.2, 0.25) is 0 Å². The lowest BCUT2D eigenvalue weighted by molar-refractivity contribution is 0.664. The Labute approximate surface area is 91.2 Å². The van der Waals surface area contributed by atoms with Crippen LogP contribution in [0.25, 0.3) is 0 Å². The maximum Gasteiger partial charge on any atom is 0.0395 e. The Kier molecular flexibility index (Phi) is 2.32. The van der Waals surface area contributed by atoms with Gasteiger partial charge in [-0.2, -0.15) is 0 Å². The topological polar surface area (TPSA) is 12.4 Å². The maximum atomic E-state index is 4.69. The molecule has 0 radical (unpaired) electrons. The fourth-order valence-electron chi connectivity index (χ4n) is 2.57. The molecule has 78 valence electrons. The van der Waals surface area contributed by atoms with Gasteiger partial charge in [-0.1, -0.05) is 30.3 Å². The predicted molar refractivity (Wildman–Crippen MR) is 63.3 cm³/mol. The average Bonchev–Trinajstić information content (AvgIpc) is 3.02. The molecule has 3 rings (SSSR count). The van der Waals surface area contributed by atoms with Crippen molar-refractivity contribution in [3.8, 4) is 0 Å². The van der Waals surface area contributed by atoms with Crippen LogP contribution in [0.5, 0.6) is 0 Å². The lowest BCUT2D eigenvalue weighted by Crippen LogP contribution is -2.14. The van der Waals surface area contributed by atoms with Crippen LogP contribution in [0.1, 0.15) is 24.8 Å². The van der Waals surface area contributed by atoms with Gasteiger partial charge in [0.2, 0.25) is 0 Å². The molecule has 1 aliphatic carbocycles. The number of hydrogen-bond donors (Lipinski definition) is 0. The second-order valence-electron chi connectivity index (χ2n) is 4.76. The predicted octanol–water partition coefficient (Wildman–Crippen LogP) is 3.10. The largest absolute Gasteiger partial charge is 0.294 e. The highest BCUT2D eigenvalue weighted by atomic mass is 14.8. The lowest BCUT2D eigenvalue weighted by Gasteiger charge is -2.12. The summed E-state index contributed by atoms with van der Waals surface area (Å²) in [4.78, 5) is 4.69. The molecule has 1 atom stereocenters. The van der Waals surface area contributed by atoms with Gasteiger partial charge in [-0.05, 0) is 37.2 Å². The van der Waals surface area contributed by atoms with Gasteiger partial charge in [0.1, 0.15) is 0 Å². The van der Waals surface area contributed by atoms with Gasteiger partial charge in [-0.25, -0.2) is 0 Å². The van der Waals surface area contributed by atoms with Crippen molar-refractivity contribution in [3.05, 3.63) is 35.9 Å². The molecule has 15 heavy (non-hydrogen) atoms. The summed E-state index contributed by atoms with van der Waals surface area (Å²) in [5, 5.41) is 0. The van der Waals surface area contributed by atoms with E-state index < -0.39 is 0 Å². The van der Waals surface area contributed by atoms with Crippen LogP contribution in [0.4, 0.5) is 0 Å². The number of aliphatic imine (C=N–C) groups is 1. The van der Waals surface area contributed by atoms with E-state index in [0.717, 1.165) is 18.4 Å². The van der Waals surface area contributed by atoms with E-state index in [2.05, 4.69) is 30.3 Å². The van der Waals surface area contributed by atoms with Gasteiger partial charge in [0.15, 0.2) is 0 Å². The van der Waals surface area contributed by atoms with E-state index in [0.29, 0.717) is 0 Å². The van der Waals surface area contributed by atoms with Crippen LogP contribution in [0, 0.1) is 11.8 Å². The summed E-state index contributed by atoms with van der Waals surface area (Å²) >= 11 is 0. The summed E-state index contributed by atoms with van der Waals surface area (Å²) in [5.41, 5.74) is 3.01. The van der Waals surface area contributed by atoms with Gasteiger partial charge >= 0.3 is 0 Å². The Balaban J connectivity index is 1.70. The van der Waals surface area contributed by atoms with Crippen molar-refractivity contribution in [1.29, 1.82) is 0 Å². The number of nitrogens with zero attached hydrogens (tertiary/aromatic N) is 1. The first kappa shape index (κ1) is 9.14. The van der Waals surface area contributed by atoms with Gasteiger partial charge in [-0.15, -0.1) is 0 Å². The lowest BCUT2D eigenvalue weighted by atomic mass is 9.91. The van der Waals surface area contributed by atoms with E-state index in [1.807, 2.05) is 0 Å². The molecule has 0 spiro atoms. The Bertz CT molecular complexity index is 362. The SMILES string of the molecule is c1ccc(CC2CCN=C2C2CC2)cc1. The van der Waals surface area contributed by atoms with E-state index in [1.165, 1.54) is 31.2 Å². The maximum absolute atomic E-state index is 4.69. The minimum Gasteiger partial charge on any atom is -0.294 e. The van der Waals surface area contributed by atoms with Gasteiger partial charge < -0.3 is 0 Å². The van der Waals surface area contributed by atoms with Crippen molar-refractivity contribution in [2.75, 3.05) is 6.54 Å². The van der Waals surface area contributed by atoms with Crippen LogP contribution in [0.3, 0.4) is 0 Å². The molecule has 1 nitrogen and oxygen atoms in total. The molecule has 0 amide bonds. The minimum atomic E-state index is 0.750. The summed E-state index contributed by atoms with van der Waals surface area (Å²) in [6, 6.07) is 10.8. The van der Waals surface area contributed by atoms with Crippen LogP contribution in [-0.2, 0) is 6.42 Å². The molecule has 1 aromatic rings. The smallest absolute Gasteiger partial charge is 0.0395 e. The number of rotatable bonds is 3. The Morgan fingerprint density at radius 2 is 1.87 bits per heavy atom. The average molecular weight is 199 g/mol. The second kappa shape index (κ2) is 3.80. The van der Waals surface area contributed by atoms with Gasteiger partial charge in [0.25, 0.3) is 0 Å². The highest BCUT2D eigenvalue weighted by Gasteiger charge is 2.34. The summed E-state index contributed by atoms with van der Waals surface area (Å²) in [7, 11) is 0. The third kappa shape index (κ3) is 1.97. The van der Waals surface area contributed by atoms with Gasteiger partial charge in [0, 0.05) is 18.2 Å². The first-order valence-corrected chi connectivity index (χ1v) is 6.01. The van der Waals surface area contributed by atoms with E-state index in [1.54, 1.807) is 5.71 Å². The zero-order chi connectivity index (χ0) is 10.1. The quantitative estimate of drug-likeness (QED) is 0.709. The standard InChI is InChI=1S/C14H17N/c1-2-4-11(5-3-1)10-13-8-9-15-14(13)12-6-7-12/h1-5,12-13H,6-10H2. The summed E-state index contributed by atoms with van der Waals surface area (Å²) in [5.74, 6) is 1.61. The molecule has 1 saturated carbocycles. The van der Waals surface area contributed by atoms with Crippen molar-refractivity contribution < 1.29 is 0 Å². The first-order chi connectivity index (χ1) is 7.43. The molecule has 2 aliphatic rings. The Morgan fingerprint density at radius 1 is 1.07 bits per heavy atom. The van der Waals surface area contributed by atoms with Crippen LogP contribution < -0.4 is 0 Å². The molecule has 0 bridgehead atoms. The van der Waals surface area contributed by atoms with E-state index >= 15 is 0 Å². The van der Waals surface area contributed by atoms with E-state index in [4.69, 9.17) is 4.99 Å². The molecule has 1 fully saturated rings. The van der Waals surface area contributed by atoms with Gasteiger partial charge in [-0.3, -0.25) is 4.99 Å². The molecule has 1 aromatic carbocycles. The molecule has 0 N–H and O–H groups in total. The second-order valence-corrected chi connectivity index (χ2v) is 4.76. The molecule has 0 saturated heterocycles. The summed E-state index contributed by atoms with van der Waals surface area (Å²) in [6.45, 7) is 1.07. The zero-order valence-corrected chi connectivity index (χ0v) is 9.02. The van der Waals surface area contributed by atoms with E-state index in [-0.39, 0.29) is 0 Å². The van der Waals surface area contributed by atoms with Crippen molar-refractivity contribution >= 4 is 5.71 Å². The zero-order valence-electron chi connectivity index (χ0n) is 9.02. The van der Waals surface area contributed by atoms with Gasteiger partial charge in [0.05, 0.1) is 0 Å². The molecular formula is C14H17N. The Hall–Kier alpha value is -1.11. The highest BCUT2D eigenvalue weighted by molar-refractivity contribution is 5.92. The third-order valence-corrected chi connectivity index (χ3v) is 3.51. The van der Waals surface area contributed by atoms with Crippen molar-refractivity contribution in [1.82, 2.24) is 0 Å². The summed E-state index contributed by atoms with van der Waals surface area (Å²) in [6.07, 6.45) is 5.27. The molecule has 1 heteroatoms. The molecule has 1 aliphatic heterocycles. The minimum absolute atomic E-state index is 0.750. The fraction of sp³-hybridized carbons (Fsp3) is 0.500. The third-order valence-electron chi connectivity index (χ3n) is 3.51. The van der Waals surface area contributed by atoms with Crippen molar-refractivity contribution in [3.63, 3.8) is 0 Å². The molecule has 0 aromatic heterocycles. The molecular weight excluding hydrogens is 182 g/mol. The molecule has 1 heterocycles. The van der Waals surface area contributed by atoms with Crippen molar-refractivity contribution in [2.24, 2.45) is 16.8 Å². The van der Waals surface area contributed by atoms with Crippen LogP contribution in [-0.4, -0.2) is 12.3 Å². The van der Waals surface area contributed by atoms with E-state index in [9.17, 15) is 0 Å². The normalized spacial score (nSPS) is 25.3. The van der Waals surface area contributed by atoms with Crippen LogP contribution >= 0.6 is 0 Å². The summed E-state index contributed by atoms with van der Waals surface area (Å²) < 4.78 is 0. The molecule has 1 unspecified atom stereocenters. The fourth-order valence-corrected chi connectivity index (χ4v) is 2.57.